The Morgan fingerprint density at radius 3 is 2.00 bits per heavy atom. The molecule has 0 amide bonds. The molecule has 0 heterocycles. The van der Waals surface area contributed by atoms with Gasteiger partial charge >= 0.3 is 5.97 Å². The van der Waals surface area contributed by atoms with E-state index in [9.17, 15) is 9.90 Å². The smallest absolute Gasteiger partial charge is 0.306 e. The summed E-state index contributed by atoms with van der Waals surface area (Å²) in [5.41, 5.74) is 0. The largest absolute Gasteiger partial charge is 0.481 e. The molecule has 0 unspecified atom stereocenters. The number of aliphatic hydroxyl groups is 1. The van der Waals surface area contributed by atoms with Crippen molar-refractivity contribution in [1.82, 2.24) is 0 Å². The minimum atomic E-state index is -0.859. The fourth-order valence-corrected chi connectivity index (χ4v) is 2.13. The van der Waals surface area contributed by atoms with E-state index < -0.39 is 18.0 Å². The maximum Gasteiger partial charge on any atom is 0.306 e. The molecule has 4 heteroatoms. The van der Waals surface area contributed by atoms with Crippen molar-refractivity contribution in [2.45, 2.75) is 52.0 Å². The van der Waals surface area contributed by atoms with Gasteiger partial charge in [-0.1, -0.05) is 27.7 Å². The highest BCUT2D eigenvalue weighted by Crippen LogP contribution is 2.23. The van der Waals surface area contributed by atoms with Crippen LogP contribution in [0.25, 0.3) is 0 Å². The summed E-state index contributed by atoms with van der Waals surface area (Å²) in [5, 5.41) is 18.5. The van der Waals surface area contributed by atoms with Crippen LogP contribution in [0.5, 0.6) is 0 Å². The number of carbonyl (C=O) groups is 1. The van der Waals surface area contributed by atoms with Crippen LogP contribution >= 0.6 is 11.6 Å². The molecular weight excluding hydrogens is 228 g/mol. The molecule has 0 saturated heterocycles. The summed E-state index contributed by atoms with van der Waals surface area (Å²) in [7, 11) is 0. The molecule has 3 nitrogen and oxygen atoms in total. The van der Waals surface area contributed by atoms with E-state index in [1.54, 1.807) is 0 Å². The Balaban J connectivity index is 4.28. The van der Waals surface area contributed by atoms with Crippen LogP contribution in [0.3, 0.4) is 0 Å². The molecular formula is C12H23ClO3. The van der Waals surface area contributed by atoms with Crippen molar-refractivity contribution in [3.05, 3.63) is 0 Å². The molecule has 16 heavy (non-hydrogen) atoms. The third-order valence-corrected chi connectivity index (χ3v) is 3.20. The Morgan fingerprint density at radius 1 is 1.19 bits per heavy atom. The van der Waals surface area contributed by atoms with Gasteiger partial charge in [-0.2, -0.15) is 0 Å². The summed E-state index contributed by atoms with van der Waals surface area (Å²) in [5.74, 6) is -0.972. The Labute approximate surface area is 103 Å². The summed E-state index contributed by atoms with van der Waals surface area (Å²) in [6, 6.07) is 0. The van der Waals surface area contributed by atoms with Gasteiger partial charge < -0.3 is 10.2 Å². The van der Waals surface area contributed by atoms with E-state index in [4.69, 9.17) is 16.7 Å². The van der Waals surface area contributed by atoms with Crippen molar-refractivity contribution in [3.8, 4) is 0 Å². The number of rotatable bonds is 7. The molecule has 0 aromatic rings. The zero-order valence-corrected chi connectivity index (χ0v) is 11.2. The van der Waals surface area contributed by atoms with Gasteiger partial charge in [-0.15, -0.1) is 11.6 Å². The molecule has 3 atom stereocenters. The first-order chi connectivity index (χ1) is 7.25. The first-order valence-electron chi connectivity index (χ1n) is 5.80. The van der Waals surface area contributed by atoms with Crippen molar-refractivity contribution in [3.63, 3.8) is 0 Å². The molecule has 0 saturated carbocycles. The molecule has 0 radical (unpaired) electrons. The molecule has 0 spiro atoms. The van der Waals surface area contributed by atoms with Crippen LogP contribution in [-0.4, -0.2) is 27.7 Å². The molecule has 2 N–H and O–H groups in total. The zero-order valence-electron chi connectivity index (χ0n) is 10.5. The maximum atomic E-state index is 11.0. The predicted octanol–water partition coefficient (Wildman–Crippen LogP) is 2.75. The molecule has 0 aromatic carbocycles. The highest BCUT2D eigenvalue weighted by atomic mass is 35.5. The predicted molar refractivity (Wildman–Crippen MR) is 65.7 cm³/mol. The minimum absolute atomic E-state index is 0.00932. The number of aliphatic hydroxyl groups excluding tert-OH is 1. The van der Waals surface area contributed by atoms with Crippen molar-refractivity contribution in [1.29, 1.82) is 0 Å². The van der Waals surface area contributed by atoms with E-state index in [1.807, 2.05) is 27.7 Å². The monoisotopic (exact) mass is 250 g/mol. The standard InChI is InChI=1S/C12H23ClO3/c1-7(2)5-10(13)11(14)6-9(8(3)4)12(15)16/h7-11,14H,5-6H2,1-4H3,(H,15,16)/t9-,10-,11-/m0/s1. The van der Waals surface area contributed by atoms with E-state index in [2.05, 4.69) is 0 Å². The van der Waals surface area contributed by atoms with Crippen molar-refractivity contribution >= 4 is 17.6 Å². The third-order valence-electron chi connectivity index (χ3n) is 2.73. The summed E-state index contributed by atoms with van der Waals surface area (Å²) in [4.78, 5) is 11.0. The first-order valence-corrected chi connectivity index (χ1v) is 6.24. The number of aliphatic carboxylic acids is 1. The molecule has 0 aromatic heterocycles. The summed E-state index contributed by atoms with van der Waals surface area (Å²) < 4.78 is 0. The zero-order chi connectivity index (χ0) is 12.9. The SMILES string of the molecule is CC(C)C[C@H](Cl)[C@@H](O)C[C@H](C(=O)O)C(C)C. The Hall–Kier alpha value is -0.280. The van der Waals surface area contributed by atoms with Gasteiger partial charge in [-0.3, -0.25) is 4.79 Å². The van der Waals surface area contributed by atoms with Crippen LogP contribution in [0.1, 0.15) is 40.5 Å². The lowest BCUT2D eigenvalue weighted by atomic mass is 9.88. The Bertz CT molecular complexity index is 216. The fourth-order valence-electron chi connectivity index (χ4n) is 1.67. The summed E-state index contributed by atoms with van der Waals surface area (Å²) in [6.07, 6.45) is 0.189. The lowest BCUT2D eigenvalue weighted by Gasteiger charge is -2.23. The highest BCUT2D eigenvalue weighted by molar-refractivity contribution is 6.21. The summed E-state index contributed by atoms with van der Waals surface area (Å²) >= 11 is 6.04. The number of alkyl halides is 1. The van der Waals surface area contributed by atoms with Gasteiger partial charge in [0.05, 0.1) is 17.4 Å². The van der Waals surface area contributed by atoms with E-state index in [-0.39, 0.29) is 17.7 Å². The van der Waals surface area contributed by atoms with Gasteiger partial charge in [0.25, 0.3) is 0 Å². The van der Waals surface area contributed by atoms with Crippen LogP contribution < -0.4 is 0 Å². The number of halogens is 1. The van der Waals surface area contributed by atoms with Crippen molar-refractivity contribution < 1.29 is 15.0 Å². The first kappa shape index (κ1) is 15.7. The van der Waals surface area contributed by atoms with Gasteiger partial charge in [-0.05, 0) is 24.7 Å². The van der Waals surface area contributed by atoms with Crippen LogP contribution in [0.15, 0.2) is 0 Å². The third kappa shape index (κ3) is 5.71. The van der Waals surface area contributed by atoms with Crippen molar-refractivity contribution in [2.75, 3.05) is 0 Å². The molecule has 0 rings (SSSR count). The second-order valence-electron chi connectivity index (χ2n) is 5.14. The molecule has 96 valence electrons. The van der Waals surface area contributed by atoms with Gasteiger partial charge in [-0.25, -0.2) is 0 Å². The quantitative estimate of drug-likeness (QED) is 0.683. The minimum Gasteiger partial charge on any atom is -0.481 e. The van der Waals surface area contributed by atoms with Crippen molar-refractivity contribution in [2.24, 2.45) is 17.8 Å². The number of carboxylic acids is 1. The highest BCUT2D eigenvalue weighted by Gasteiger charge is 2.28. The molecule has 0 fully saturated rings. The lowest BCUT2D eigenvalue weighted by molar-refractivity contribution is -0.144. The number of hydrogen-bond acceptors (Lipinski definition) is 2. The summed E-state index contributed by atoms with van der Waals surface area (Å²) in [6.45, 7) is 7.74. The van der Waals surface area contributed by atoms with Gasteiger partial charge in [0.15, 0.2) is 0 Å². The molecule has 0 bridgehead atoms. The number of hydrogen-bond donors (Lipinski definition) is 2. The van der Waals surface area contributed by atoms with Gasteiger partial charge in [0.1, 0.15) is 0 Å². The van der Waals surface area contributed by atoms with Gasteiger partial charge in [0, 0.05) is 0 Å². The average molecular weight is 251 g/mol. The Kier molecular flexibility index (Phi) is 7.00. The average Bonchev–Trinajstić information content (AvgIpc) is 2.11. The maximum absolute atomic E-state index is 11.0. The van der Waals surface area contributed by atoms with Crippen LogP contribution in [0, 0.1) is 17.8 Å². The van der Waals surface area contributed by atoms with Crippen LogP contribution in [-0.2, 0) is 4.79 Å². The fraction of sp³-hybridized carbons (Fsp3) is 0.917. The van der Waals surface area contributed by atoms with Crippen LogP contribution in [0.2, 0.25) is 0 Å². The lowest BCUT2D eigenvalue weighted by Crippen LogP contribution is -2.30. The van der Waals surface area contributed by atoms with Gasteiger partial charge in [0.2, 0.25) is 0 Å². The van der Waals surface area contributed by atoms with E-state index in [0.29, 0.717) is 12.3 Å². The van der Waals surface area contributed by atoms with E-state index in [0.717, 1.165) is 0 Å². The Morgan fingerprint density at radius 2 is 1.69 bits per heavy atom. The second kappa shape index (κ2) is 7.13. The normalized spacial score (nSPS) is 17.5. The van der Waals surface area contributed by atoms with Crippen LogP contribution in [0.4, 0.5) is 0 Å². The van der Waals surface area contributed by atoms with E-state index in [1.165, 1.54) is 0 Å². The second-order valence-corrected chi connectivity index (χ2v) is 5.70. The molecule has 0 aliphatic carbocycles. The van der Waals surface area contributed by atoms with E-state index >= 15 is 0 Å². The molecule has 0 aliphatic rings. The molecule has 0 aliphatic heterocycles. The topological polar surface area (TPSA) is 57.5 Å². The number of carboxylic acid groups (broad SMARTS) is 1.